The molecule has 0 radical (unpaired) electrons. The van der Waals surface area contributed by atoms with Crippen molar-refractivity contribution in [3.8, 4) is 0 Å². The van der Waals surface area contributed by atoms with Gasteiger partial charge in [-0.05, 0) is 64.7 Å². The van der Waals surface area contributed by atoms with Gasteiger partial charge in [-0.2, -0.15) is 30.8 Å². The van der Waals surface area contributed by atoms with Crippen molar-refractivity contribution >= 4 is 19.0 Å². The molecule has 0 aliphatic heterocycles. The van der Waals surface area contributed by atoms with Gasteiger partial charge in [0.05, 0.1) is 5.56 Å². The molecule has 0 aliphatic carbocycles. The van der Waals surface area contributed by atoms with Gasteiger partial charge in [0.25, 0.3) is 0 Å². The van der Waals surface area contributed by atoms with E-state index in [1.54, 1.807) is 0 Å². The Bertz CT molecular complexity index is 1180. The predicted octanol–water partition coefficient (Wildman–Crippen LogP) is 4.61. The average Bonchev–Trinajstić information content (AvgIpc) is 3.54. The number of nitrogens with zero attached hydrogens (tertiary/aromatic N) is 6. The average molecular weight is 431 g/mol. The zero-order valence-corrected chi connectivity index (χ0v) is 16.2. The van der Waals surface area contributed by atoms with Crippen LogP contribution in [0.25, 0.3) is 11.0 Å². The van der Waals surface area contributed by atoms with Crippen molar-refractivity contribution in [2.45, 2.75) is 6.18 Å². The summed E-state index contributed by atoms with van der Waals surface area (Å²) in [6, 6.07) is 14.4. The number of alkyl halides is 3. The summed E-state index contributed by atoms with van der Waals surface area (Å²) in [4.78, 5) is 1.07. The van der Waals surface area contributed by atoms with Crippen LogP contribution in [-0.2, 0) is 6.18 Å². The standard InChI is InChI=1S/C19H15F3N6OP/c20-19(21,22)16-7-8-17-18(15-16)28(24-23-17)29-30(25-9-1-2-10-25,26-11-3-4-12-26)27-13-5-6-14-27/h1-15H/q+1. The van der Waals surface area contributed by atoms with E-state index in [1.165, 1.54) is 6.07 Å². The number of fused-ring (bicyclic) bond motifs is 1. The molecular formula is C19H15F3N6OP+. The van der Waals surface area contributed by atoms with E-state index < -0.39 is 19.7 Å². The molecule has 0 aliphatic rings. The lowest BCUT2D eigenvalue weighted by molar-refractivity contribution is -0.137. The third-order valence-corrected chi connectivity index (χ3v) is 7.58. The number of aromatic nitrogens is 6. The molecule has 0 fully saturated rings. The number of rotatable bonds is 5. The topological polar surface area (TPSA) is 54.7 Å². The normalized spacial score (nSPS) is 12.5. The van der Waals surface area contributed by atoms with Crippen molar-refractivity contribution in [1.82, 2.24) is 28.2 Å². The van der Waals surface area contributed by atoms with E-state index >= 15 is 0 Å². The van der Waals surface area contributed by atoms with Crippen molar-refractivity contribution in [3.05, 3.63) is 97.3 Å². The zero-order chi connectivity index (χ0) is 20.8. The highest BCUT2D eigenvalue weighted by Crippen LogP contribution is 2.60. The molecule has 11 heteroatoms. The molecule has 5 aromatic rings. The van der Waals surface area contributed by atoms with Gasteiger partial charge in [-0.3, -0.25) is 0 Å². The van der Waals surface area contributed by atoms with Crippen molar-refractivity contribution < 1.29 is 17.8 Å². The molecule has 0 spiro atoms. The predicted molar refractivity (Wildman–Crippen MR) is 106 cm³/mol. The van der Waals surface area contributed by atoms with Crippen molar-refractivity contribution in [2.24, 2.45) is 0 Å². The SMILES string of the molecule is FC(F)(F)c1ccc2nnn(O[P+](n3cccc3)(n3cccc3)n3cccc3)c2c1. The molecule has 0 amide bonds. The van der Waals surface area contributed by atoms with Crippen LogP contribution < -0.4 is 4.62 Å². The van der Waals surface area contributed by atoms with Crippen LogP contribution in [0.3, 0.4) is 0 Å². The van der Waals surface area contributed by atoms with E-state index in [0.717, 1.165) is 17.0 Å². The first-order valence-corrected chi connectivity index (χ1v) is 10.5. The fourth-order valence-corrected chi connectivity index (χ4v) is 6.02. The zero-order valence-electron chi connectivity index (χ0n) is 15.3. The molecule has 30 heavy (non-hydrogen) atoms. The molecule has 4 heterocycles. The maximum Gasteiger partial charge on any atom is 0.532 e. The Kier molecular flexibility index (Phi) is 4.18. The minimum absolute atomic E-state index is 0.126. The van der Waals surface area contributed by atoms with Gasteiger partial charge >= 0.3 is 14.1 Å². The highest BCUT2D eigenvalue weighted by molar-refractivity contribution is 7.66. The Hall–Kier alpha value is -3.52. The maximum atomic E-state index is 13.3. The van der Waals surface area contributed by atoms with Gasteiger partial charge in [-0.1, -0.05) is 0 Å². The summed E-state index contributed by atoms with van der Waals surface area (Å²) in [5, 5.41) is 7.98. The third-order valence-electron chi connectivity index (χ3n) is 4.60. The minimum atomic E-state index is -4.49. The Morgan fingerprint density at radius 2 is 1.27 bits per heavy atom. The molecule has 152 valence electrons. The van der Waals surface area contributed by atoms with Gasteiger partial charge in [0, 0.05) is 37.2 Å². The molecule has 0 bridgehead atoms. The maximum absolute atomic E-state index is 13.3. The van der Waals surface area contributed by atoms with E-state index in [4.69, 9.17) is 4.62 Å². The number of hydrogen-bond acceptors (Lipinski definition) is 3. The second kappa shape index (κ2) is 6.77. The van der Waals surface area contributed by atoms with Gasteiger partial charge in [0.2, 0.25) is 0 Å². The second-order valence-electron chi connectivity index (χ2n) is 6.45. The molecule has 0 saturated heterocycles. The van der Waals surface area contributed by atoms with E-state index in [2.05, 4.69) is 10.3 Å². The van der Waals surface area contributed by atoms with E-state index in [0.29, 0.717) is 5.52 Å². The van der Waals surface area contributed by atoms with Crippen molar-refractivity contribution in [1.29, 1.82) is 0 Å². The lowest BCUT2D eigenvalue weighted by atomic mass is 10.2. The first kappa shape index (κ1) is 18.5. The van der Waals surface area contributed by atoms with Crippen LogP contribution in [0.1, 0.15) is 5.56 Å². The Balaban J connectivity index is 1.73. The smallest absolute Gasteiger partial charge is 0.166 e. The molecule has 0 unspecified atom stereocenters. The summed E-state index contributed by atoms with van der Waals surface area (Å²) in [6.07, 6.45) is 6.56. The van der Waals surface area contributed by atoms with E-state index in [9.17, 15) is 13.2 Å². The van der Waals surface area contributed by atoms with Gasteiger partial charge in [-0.25, -0.2) is 0 Å². The molecule has 7 nitrogen and oxygen atoms in total. The highest BCUT2D eigenvalue weighted by atomic mass is 31.2. The lowest BCUT2D eigenvalue weighted by Gasteiger charge is -2.25. The van der Waals surface area contributed by atoms with Gasteiger partial charge in [-0.15, -0.1) is 5.10 Å². The molecule has 0 saturated carbocycles. The van der Waals surface area contributed by atoms with Crippen LogP contribution in [0.4, 0.5) is 13.2 Å². The number of benzene rings is 1. The number of hydrogen-bond donors (Lipinski definition) is 0. The molecular weight excluding hydrogens is 416 g/mol. The number of halogens is 3. The second-order valence-corrected chi connectivity index (χ2v) is 9.02. The fourth-order valence-electron chi connectivity index (χ4n) is 3.22. The van der Waals surface area contributed by atoms with Gasteiger partial charge in [0.1, 0.15) is 11.0 Å². The fraction of sp³-hybridized carbons (Fsp3) is 0.0526. The summed E-state index contributed by atoms with van der Waals surface area (Å²) in [5.74, 6) is 0. The monoisotopic (exact) mass is 431 g/mol. The van der Waals surface area contributed by atoms with Crippen LogP contribution in [-0.4, -0.2) is 28.2 Å². The molecule has 0 atom stereocenters. The Morgan fingerprint density at radius 1 is 0.767 bits per heavy atom. The lowest BCUT2D eigenvalue weighted by Crippen LogP contribution is -2.28. The summed E-state index contributed by atoms with van der Waals surface area (Å²) < 4.78 is 51.9. The molecule has 5 rings (SSSR count). The Morgan fingerprint density at radius 3 is 1.73 bits per heavy atom. The summed E-state index contributed by atoms with van der Waals surface area (Å²) in [6.45, 7) is 0. The van der Waals surface area contributed by atoms with E-state index in [-0.39, 0.29) is 5.52 Å². The van der Waals surface area contributed by atoms with Crippen LogP contribution in [0.15, 0.2) is 91.8 Å². The largest absolute Gasteiger partial charge is 0.532 e. The van der Waals surface area contributed by atoms with Crippen LogP contribution in [0.5, 0.6) is 0 Å². The van der Waals surface area contributed by atoms with Crippen molar-refractivity contribution in [2.75, 3.05) is 0 Å². The first-order valence-electron chi connectivity index (χ1n) is 8.92. The first-order chi connectivity index (χ1) is 14.5. The Labute approximate surface area is 169 Å². The molecule has 4 aromatic heterocycles. The van der Waals surface area contributed by atoms with E-state index in [1.807, 2.05) is 86.6 Å². The quantitative estimate of drug-likeness (QED) is 0.382. The summed E-state index contributed by atoms with van der Waals surface area (Å²) >= 11 is 0. The molecule has 0 N–H and O–H groups in total. The van der Waals surface area contributed by atoms with Crippen molar-refractivity contribution in [3.63, 3.8) is 0 Å². The van der Waals surface area contributed by atoms with Gasteiger partial charge < -0.3 is 0 Å². The van der Waals surface area contributed by atoms with Gasteiger partial charge in [0.15, 0.2) is 0 Å². The highest BCUT2D eigenvalue weighted by Gasteiger charge is 2.51. The minimum Gasteiger partial charge on any atom is -0.166 e. The molecule has 1 aromatic carbocycles. The van der Waals surface area contributed by atoms with Crippen LogP contribution >= 0.6 is 7.94 Å². The summed E-state index contributed by atoms with van der Waals surface area (Å²) in [7, 11) is -2.93. The van der Waals surface area contributed by atoms with Crippen LogP contribution in [0, 0.1) is 0 Å². The third kappa shape index (κ3) is 2.88. The van der Waals surface area contributed by atoms with Crippen LogP contribution in [0.2, 0.25) is 0 Å². The summed E-state index contributed by atoms with van der Waals surface area (Å²) in [5.41, 5.74) is -0.372.